The molecule has 0 aliphatic heterocycles. The first-order valence-electron chi connectivity index (χ1n) is 7.02. The Bertz CT molecular complexity index is 862. The SMILES string of the molecule is Cc1ccc(Cn2cc(Cl)cc(C(N)=O)c2=N)cc1.O=C(O)C(F)(F)F. The summed E-state index contributed by atoms with van der Waals surface area (Å²) in [6.45, 7) is 2.48. The van der Waals surface area contributed by atoms with Gasteiger partial charge in [-0.2, -0.15) is 13.2 Å². The number of hydrogen-bond donors (Lipinski definition) is 3. The van der Waals surface area contributed by atoms with E-state index in [0.29, 0.717) is 11.6 Å². The zero-order valence-electron chi connectivity index (χ0n) is 13.5. The summed E-state index contributed by atoms with van der Waals surface area (Å²) in [5.74, 6) is -3.40. The van der Waals surface area contributed by atoms with Gasteiger partial charge in [-0.15, -0.1) is 0 Å². The Kier molecular flexibility index (Phi) is 6.96. The zero-order chi connectivity index (χ0) is 20.1. The number of halogens is 4. The number of carbonyl (C=O) groups is 2. The third kappa shape index (κ3) is 6.25. The lowest BCUT2D eigenvalue weighted by atomic mass is 10.1. The second kappa shape index (κ2) is 8.52. The van der Waals surface area contributed by atoms with Crippen LogP contribution in [0.4, 0.5) is 13.2 Å². The Labute approximate surface area is 151 Å². The first kappa shape index (κ1) is 21.2. The minimum Gasteiger partial charge on any atom is -0.475 e. The highest BCUT2D eigenvalue weighted by Crippen LogP contribution is 2.13. The van der Waals surface area contributed by atoms with Crippen LogP contribution in [0.3, 0.4) is 0 Å². The van der Waals surface area contributed by atoms with Crippen LogP contribution in [0.2, 0.25) is 5.02 Å². The van der Waals surface area contributed by atoms with Gasteiger partial charge in [0, 0.05) is 12.7 Å². The molecule has 0 bridgehead atoms. The Morgan fingerprint density at radius 3 is 2.19 bits per heavy atom. The molecule has 1 aromatic carbocycles. The van der Waals surface area contributed by atoms with Gasteiger partial charge < -0.3 is 15.4 Å². The van der Waals surface area contributed by atoms with E-state index in [4.69, 9.17) is 32.6 Å². The van der Waals surface area contributed by atoms with Crippen molar-refractivity contribution in [1.29, 1.82) is 5.41 Å². The predicted molar refractivity (Wildman–Crippen MR) is 87.8 cm³/mol. The maximum absolute atomic E-state index is 11.3. The number of nitrogens with one attached hydrogen (secondary N) is 1. The molecule has 2 rings (SSSR count). The molecule has 0 aliphatic rings. The summed E-state index contributed by atoms with van der Waals surface area (Å²) in [6.07, 6.45) is -3.46. The third-order valence-electron chi connectivity index (χ3n) is 3.09. The maximum atomic E-state index is 11.3. The second-order valence-electron chi connectivity index (χ2n) is 5.20. The highest BCUT2D eigenvalue weighted by atomic mass is 35.5. The average Bonchev–Trinajstić information content (AvgIpc) is 2.52. The molecule has 0 saturated heterocycles. The number of nitrogens with zero attached hydrogens (tertiary/aromatic N) is 1. The van der Waals surface area contributed by atoms with Crippen LogP contribution in [0.25, 0.3) is 0 Å². The molecular weight excluding hydrogens is 375 g/mol. The van der Waals surface area contributed by atoms with Gasteiger partial charge in [0.15, 0.2) is 0 Å². The number of aryl methyl sites for hydroxylation is 1. The molecule has 4 N–H and O–H groups in total. The van der Waals surface area contributed by atoms with Crippen LogP contribution < -0.4 is 11.2 Å². The molecule has 0 saturated carbocycles. The third-order valence-corrected chi connectivity index (χ3v) is 3.29. The van der Waals surface area contributed by atoms with Crippen molar-refractivity contribution >= 4 is 23.5 Å². The van der Waals surface area contributed by atoms with Gasteiger partial charge in [0.1, 0.15) is 5.49 Å². The summed E-state index contributed by atoms with van der Waals surface area (Å²) >= 11 is 5.95. The molecule has 10 heteroatoms. The number of amides is 1. The molecule has 0 fully saturated rings. The predicted octanol–water partition coefficient (Wildman–Crippen LogP) is 2.71. The van der Waals surface area contributed by atoms with Gasteiger partial charge >= 0.3 is 12.1 Å². The number of aromatic nitrogens is 1. The molecule has 0 spiro atoms. The Balaban J connectivity index is 0.000000412. The summed E-state index contributed by atoms with van der Waals surface area (Å²) in [5, 5.41) is 15.5. The molecule has 140 valence electrons. The molecule has 6 nitrogen and oxygen atoms in total. The molecular formula is C16H15ClF3N3O3. The summed E-state index contributed by atoms with van der Waals surface area (Å²) < 4.78 is 33.3. The normalized spacial score (nSPS) is 10.7. The van der Waals surface area contributed by atoms with Crippen LogP contribution in [0.15, 0.2) is 36.5 Å². The molecule has 26 heavy (non-hydrogen) atoms. The number of primary amides is 1. The van der Waals surface area contributed by atoms with E-state index in [0.717, 1.165) is 5.56 Å². The van der Waals surface area contributed by atoms with Crippen molar-refractivity contribution in [3.63, 3.8) is 0 Å². The maximum Gasteiger partial charge on any atom is 0.490 e. The lowest BCUT2D eigenvalue weighted by molar-refractivity contribution is -0.192. The summed E-state index contributed by atoms with van der Waals surface area (Å²) in [5.41, 5.74) is 7.63. The van der Waals surface area contributed by atoms with E-state index in [1.54, 1.807) is 10.8 Å². The number of hydrogen-bond acceptors (Lipinski definition) is 3. The van der Waals surface area contributed by atoms with Crippen LogP contribution in [0, 0.1) is 12.3 Å². The fourth-order valence-electron chi connectivity index (χ4n) is 1.81. The van der Waals surface area contributed by atoms with Crippen LogP contribution in [-0.4, -0.2) is 27.7 Å². The number of aliphatic carboxylic acids is 1. The van der Waals surface area contributed by atoms with Crippen molar-refractivity contribution in [2.24, 2.45) is 5.73 Å². The monoisotopic (exact) mass is 389 g/mol. The fourth-order valence-corrected chi connectivity index (χ4v) is 2.04. The van der Waals surface area contributed by atoms with E-state index in [9.17, 15) is 18.0 Å². The second-order valence-corrected chi connectivity index (χ2v) is 5.64. The van der Waals surface area contributed by atoms with Gasteiger partial charge in [-0.3, -0.25) is 10.2 Å². The number of carboxylic acids is 1. The van der Waals surface area contributed by atoms with Gasteiger partial charge in [-0.1, -0.05) is 41.4 Å². The number of carbonyl (C=O) groups excluding carboxylic acids is 1. The van der Waals surface area contributed by atoms with E-state index in [2.05, 4.69) is 0 Å². The standard InChI is InChI=1S/C14H14ClN3O.C2HF3O2/c1-9-2-4-10(5-3-9)7-18-8-11(15)6-12(13(18)16)14(17)19;3-2(4,5)1(6)7/h2-6,8,16H,7H2,1H3,(H2,17,19);(H,6,7). The van der Waals surface area contributed by atoms with Crippen molar-refractivity contribution in [3.05, 3.63) is 63.7 Å². The summed E-state index contributed by atoms with van der Waals surface area (Å²) in [4.78, 5) is 20.1. The van der Waals surface area contributed by atoms with Crippen molar-refractivity contribution < 1.29 is 27.9 Å². The van der Waals surface area contributed by atoms with E-state index < -0.39 is 18.1 Å². The molecule has 0 radical (unpaired) electrons. The van der Waals surface area contributed by atoms with Crippen molar-refractivity contribution in [1.82, 2.24) is 4.57 Å². The zero-order valence-corrected chi connectivity index (χ0v) is 14.2. The number of nitrogens with two attached hydrogens (primary N) is 1. The van der Waals surface area contributed by atoms with Crippen LogP contribution in [-0.2, 0) is 11.3 Å². The quantitative estimate of drug-likeness (QED) is 0.750. The lowest BCUT2D eigenvalue weighted by Gasteiger charge is -2.10. The van der Waals surface area contributed by atoms with E-state index in [-0.39, 0.29) is 11.1 Å². The molecule has 1 amide bonds. The highest BCUT2D eigenvalue weighted by molar-refractivity contribution is 6.30. The topological polar surface area (TPSA) is 109 Å². The molecule has 0 atom stereocenters. The Morgan fingerprint density at radius 1 is 1.27 bits per heavy atom. The first-order valence-corrected chi connectivity index (χ1v) is 7.39. The molecule has 0 unspecified atom stereocenters. The number of pyridine rings is 1. The van der Waals surface area contributed by atoms with E-state index >= 15 is 0 Å². The van der Waals surface area contributed by atoms with Crippen molar-refractivity contribution in [3.8, 4) is 0 Å². The minimum absolute atomic E-state index is 0.0671. The Morgan fingerprint density at radius 2 is 1.77 bits per heavy atom. The first-order chi connectivity index (χ1) is 11.9. The summed E-state index contributed by atoms with van der Waals surface area (Å²) in [7, 11) is 0. The lowest BCUT2D eigenvalue weighted by Crippen LogP contribution is -2.29. The molecule has 2 aromatic rings. The van der Waals surface area contributed by atoms with E-state index in [1.807, 2.05) is 31.2 Å². The van der Waals surface area contributed by atoms with Gasteiger partial charge in [0.25, 0.3) is 5.91 Å². The van der Waals surface area contributed by atoms with Gasteiger partial charge in [-0.25, -0.2) is 4.79 Å². The van der Waals surface area contributed by atoms with Crippen LogP contribution >= 0.6 is 11.6 Å². The average molecular weight is 390 g/mol. The largest absolute Gasteiger partial charge is 0.490 e. The van der Waals surface area contributed by atoms with Crippen LogP contribution in [0.1, 0.15) is 21.5 Å². The highest BCUT2D eigenvalue weighted by Gasteiger charge is 2.38. The summed E-state index contributed by atoms with van der Waals surface area (Å²) in [6, 6.07) is 9.37. The van der Waals surface area contributed by atoms with Crippen LogP contribution in [0.5, 0.6) is 0 Å². The number of carboxylic acid groups (broad SMARTS) is 1. The van der Waals surface area contributed by atoms with Crippen molar-refractivity contribution in [2.75, 3.05) is 0 Å². The van der Waals surface area contributed by atoms with Gasteiger partial charge in [0.05, 0.1) is 10.6 Å². The fraction of sp³-hybridized carbons (Fsp3) is 0.188. The molecule has 0 aliphatic carbocycles. The smallest absolute Gasteiger partial charge is 0.475 e. The van der Waals surface area contributed by atoms with Crippen molar-refractivity contribution in [2.45, 2.75) is 19.6 Å². The molecule has 1 heterocycles. The minimum atomic E-state index is -5.08. The Hall–Kier alpha value is -2.81. The molecule has 1 aromatic heterocycles. The number of rotatable bonds is 3. The number of benzene rings is 1. The number of alkyl halides is 3. The van der Waals surface area contributed by atoms with Gasteiger partial charge in [0.2, 0.25) is 0 Å². The van der Waals surface area contributed by atoms with Gasteiger partial charge in [-0.05, 0) is 18.6 Å². The van der Waals surface area contributed by atoms with E-state index in [1.165, 1.54) is 11.6 Å².